The molecule has 0 radical (unpaired) electrons. The number of pyridine rings is 2. The number of aromatic nitrogens is 2. The summed E-state index contributed by atoms with van der Waals surface area (Å²) < 4.78 is 4.77. The Labute approximate surface area is 264 Å². The van der Waals surface area contributed by atoms with E-state index in [9.17, 15) is 0 Å². The van der Waals surface area contributed by atoms with Crippen molar-refractivity contribution in [3.05, 3.63) is 85.5 Å². The lowest BCUT2D eigenvalue weighted by Gasteiger charge is -2.04. The number of hydrogen-bond acceptors (Lipinski definition) is 0. The number of unbranched alkanes of at least 4 members (excludes halogenated alkanes) is 14. The van der Waals surface area contributed by atoms with E-state index in [4.69, 9.17) is 0 Å². The molecule has 0 aliphatic carbocycles. The van der Waals surface area contributed by atoms with Gasteiger partial charge in [0.15, 0.2) is 24.8 Å². The van der Waals surface area contributed by atoms with Crippen LogP contribution in [0.15, 0.2) is 74.4 Å². The fraction of sp³-hybridized carbons (Fsp3) is 0.600. The van der Waals surface area contributed by atoms with E-state index in [2.05, 4.69) is 71.3 Å². The van der Waals surface area contributed by atoms with Crippen molar-refractivity contribution in [3.8, 4) is 0 Å². The summed E-state index contributed by atoms with van der Waals surface area (Å²) in [7, 11) is 0. The Morgan fingerprint density at radius 3 is 1.38 bits per heavy atom. The van der Waals surface area contributed by atoms with E-state index in [-0.39, 0.29) is 36.4 Å². The topological polar surface area (TPSA) is 7.76 Å². The van der Waals surface area contributed by atoms with Gasteiger partial charge < -0.3 is 36.4 Å². The second-order valence-electron chi connectivity index (χ2n) is 10.9. The number of rotatable bonds is 24. The quantitative estimate of drug-likeness (QED) is 0.0705. The summed E-state index contributed by atoms with van der Waals surface area (Å²) in [6.07, 6.45) is 38.2. The molecule has 0 saturated carbocycles. The number of nitrogens with zero attached hydrogens (tertiary/aromatic N) is 2. The summed E-state index contributed by atoms with van der Waals surface area (Å²) >= 11 is 0. The molecule has 2 heterocycles. The number of hydrogen-bond donors (Lipinski definition) is 0. The van der Waals surface area contributed by atoms with Gasteiger partial charge in [0.25, 0.3) is 0 Å². The van der Waals surface area contributed by atoms with Gasteiger partial charge in [-0.15, -0.1) is 13.2 Å². The van der Waals surface area contributed by atoms with E-state index < -0.39 is 0 Å². The second-order valence-corrected chi connectivity index (χ2v) is 10.9. The van der Waals surface area contributed by atoms with Gasteiger partial charge in [-0.3, -0.25) is 0 Å². The molecule has 2 aromatic heterocycles. The van der Waals surface area contributed by atoms with Gasteiger partial charge in [0.05, 0.1) is 0 Å². The zero-order chi connectivity index (χ0) is 26.2. The van der Waals surface area contributed by atoms with E-state index in [0.717, 1.165) is 32.4 Å². The van der Waals surface area contributed by atoms with Gasteiger partial charge >= 0.3 is 0 Å². The van der Waals surface area contributed by atoms with Crippen molar-refractivity contribution in [2.24, 2.45) is 0 Å². The zero-order valence-corrected chi connectivity index (χ0v) is 27.6. The maximum Gasteiger partial charge on any atom is 0.171 e. The lowest BCUT2D eigenvalue weighted by Crippen LogP contribution is -3.00. The van der Waals surface area contributed by atoms with Gasteiger partial charge in [0.1, 0.15) is 13.1 Å². The van der Waals surface area contributed by atoms with E-state index in [1.54, 1.807) is 0 Å². The molecule has 0 atom stereocenters. The molecule has 0 saturated heterocycles. The van der Waals surface area contributed by atoms with Crippen LogP contribution in [0.4, 0.5) is 0 Å². The molecular formula is C35H56ClIN2. The summed E-state index contributed by atoms with van der Waals surface area (Å²) in [6.45, 7) is 9.95. The van der Waals surface area contributed by atoms with Crippen LogP contribution in [0.3, 0.4) is 0 Å². The number of halogens is 2. The summed E-state index contributed by atoms with van der Waals surface area (Å²) in [6, 6.07) is 8.99. The van der Waals surface area contributed by atoms with Gasteiger partial charge in [-0.25, -0.2) is 9.13 Å². The summed E-state index contributed by atoms with van der Waals surface area (Å²) in [5.41, 5.74) is 2.96. The Balaban J connectivity index is 0.00000722. The molecule has 0 amide bonds. The average molecular weight is 667 g/mol. The third kappa shape index (κ3) is 20.3. The summed E-state index contributed by atoms with van der Waals surface area (Å²) in [4.78, 5) is 0. The van der Waals surface area contributed by atoms with Gasteiger partial charge in [-0.1, -0.05) is 63.5 Å². The monoisotopic (exact) mass is 666 g/mol. The molecular weight excluding hydrogens is 611 g/mol. The van der Waals surface area contributed by atoms with E-state index in [1.807, 2.05) is 12.2 Å². The predicted octanol–water partition coefficient (Wildman–Crippen LogP) is 3.06. The van der Waals surface area contributed by atoms with Crippen LogP contribution >= 0.6 is 0 Å². The van der Waals surface area contributed by atoms with Crippen molar-refractivity contribution in [2.45, 2.75) is 135 Å². The maximum absolute atomic E-state index is 3.82. The highest BCUT2D eigenvalue weighted by molar-refractivity contribution is 5.06. The van der Waals surface area contributed by atoms with Gasteiger partial charge in [-0.2, -0.15) is 0 Å². The first-order valence-electron chi connectivity index (χ1n) is 15.5. The first-order chi connectivity index (χ1) is 18.3. The van der Waals surface area contributed by atoms with Gasteiger partial charge in [0, 0.05) is 36.1 Å². The molecule has 0 unspecified atom stereocenters. The van der Waals surface area contributed by atoms with E-state index in [1.165, 1.54) is 114 Å². The Kier molecular flexibility index (Phi) is 26.2. The standard InChI is InChI=1S/C35H56N2.ClH.HI/c1-3-5-7-8-16-20-28-37-31-23-27-35(33-37)25-19-15-13-11-9-10-12-14-17-21-29-36-30-22-26-34(32-36)24-18-6-4-2;;/h3-4,22-23,26-27,30-33H,1-2,5-21,24-25,28-29H2;2*1H/q+2;;/p-2. The third-order valence-electron chi connectivity index (χ3n) is 7.42. The molecule has 0 aromatic carbocycles. The van der Waals surface area contributed by atoms with E-state index in [0.29, 0.717) is 0 Å². The molecule has 0 N–H and O–H groups in total. The predicted molar refractivity (Wildman–Crippen MR) is 160 cm³/mol. The van der Waals surface area contributed by atoms with Crippen LogP contribution in [0.5, 0.6) is 0 Å². The minimum Gasteiger partial charge on any atom is -1.00 e. The first-order valence-corrected chi connectivity index (χ1v) is 15.5. The highest BCUT2D eigenvalue weighted by Gasteiger charge is 2.04. The van der Waals surface area contributed by atoms with E-state index >= 15 is 0 Å². The van der Waals surface area contributed by atoms with Crippen LogP contribution in [-0.2, 0) is 25.9 Å². The minimum absolute atomic E-state index is 0. The molecule has 0 spiro atoms. The molecule has 39 heavy (non-hydrogen) atoms. The molecule has 0 bridgehead atoms. The van der Waals surface area contributed by atoms with Crippen LogP contribution in [0, 0.1) is 0 Å². The largest absolute Gasteiger partial charge is 1.00 e. The Morgan fingerprint density at radius 2 is 0.897 bits per heavy atom. The Bertz CT molecular complexity index is 854. The van der Waals surface area contributed by atoms with Crippen molar-refractivity contribution in [3.63, 3.8) is 0 Å². The SMILES string of the molecule is C=CCCCCCC[n+]1cccc(CCCCCCCCCCCC[n+]2cccc(CCCC=C)c2)c1.[Cl-].[I-]. The molecule has 4 heteroatoms. The van der Waals surface area contributed by atoms with Crippen molar-refractivity contribution in [1.29, 1.82) is 0 Å². The molecule has 220 valence electrons. The molecule has 0 fully saturated rings. The zero-order valence-electron chi connectivity index (χ0n) is 24.7. The lowest BCUT2D eigenvalue weighted by molar-refractivity contribution is -0.697. The second kappa shape index (κ2) is 27.0. The van der Waals surface area contributed by atoms with Crippen LogP contribution in [0.1, 0.15) is 120 Å². The molecule has 2 rings (SSSR count). The van der Waals surface area contributed by atoms with Gasteiger partial charge in [-0.05, 0) is 69.9 Å². The fourth-order valence-electron chi connectivity index (χ4n) is 5.15. The lowest BCUT2D eigenvalue weighted by atomic mass is 10.0. The maximum atomic E-state index is 3.82. The van der Waals surface area contributed by atoms with Crippen LogP contribution < -0.4 is 45.5 Å². The normalized spacial score (nSPS) is 10.5. The number of aryl methyl sites for hydroxylation is 4. The van der Waals surface area contributed by atoms with Gasteiger partial charge in [0.2, 0.25) is 0 Å². The average Bonchev–Trinajstić information content (AvgIpc) is 2.92. The molecule has 2 aromatic rings. The fourth-order valence-corrected chi connectivity index (χ4v) is 5.15. The third-order valence-corrected chi connectivity index (χ3v) is 7.42. The highest BCUT2D eigenvalue weighted by atomic mass is 127. The summed E-state index contributed by atoms with van der Waals surface area (Å²) in [5, 5.41) is 0. The molecule has 0 aliphatic rings. The van der Waals surface area contributed by atoms with Crippen LogP contribution in [0.25, 0.3) is 0 Å². The van der Waals surface area contributed by atoms with Crippen LogP contribution in [-0.4, -0.2) is 0 Å². The van der Waals surface area contributed by atoms with Crippen LogP contribution in [0.2, 0.25) is 0 Å². The highest BCUT2D eigenvalue weighted by Crippen LogP contribution is 2.12. The summed E-state index contributed by atoms with van der Waals surface area (Å²) in [5.74, 6) is 0. The molecule has 2 nitrogen and oxygen atoms in total. The van der Waals surface area contributed by atoms with Crippen molar-refractivity contribution in [1.82, 2.24) is 0 Å². The first kappa shape index (κ1) is 37.8. The number of allylic oxidation sites excluding steroid dienone is 2. The Morgan fingerprint density at radius 1 is 0.513 bits per heavy atom. The van der Waals surface area contributed by atoms with Crippen molar-refractivity contribution < 1.29 is 45.5 Å². The van der Waals surface area contributed by atoms with Crippen molar-refractivity contribution in [2.75, 3.05) is 0 Å². The molecule has 0 aliphatic heterocycles. The smallest absolute Gasteiger partial charge is 0.171 e. The Hall–Kier alpha value is -1.20. The van der Waals surface area contributed by atoms with Crippen molar-refractivity contribution >= 4 is 0 Å². The minimum atomic E-state index is 0.